The summed E-state index contributed by atoms with van der Waals surface area (Å²) in [4.78, 5) is 12.7. The van der Waals surface area contributed by atoms with Crippen LogP contribution in [0.4, 0.5) is 5.82 Å². The van der Waals surface area contributed by atoms with Crippen molar-refractivity contribution in [1.82, 2.24) is 19.5 Å². The van der Waals surface area contributed by atoms with Gasteiger partial charge in [-0.25, -0.2) is 15.0 Å². The van der Waals surface area contributed by atoms with Crippen molar-refractivity contribution in [2.24, 2.45) is 0 Å². The van der Waals surface area contributed by atoms with Crippen LogP contribution >= 0.6 is 21.6 Å². The quantitative estimate of drug-likeness (QED) is 0.426. The molecule has 9 heteroatoms. The molecule has 0 radical (unpaired) electrons. The number of nitrogen functional groups attached to an aromatic ring is 1. The second-order valence-corrected chi connectivity index (χ2v) is 10.4. The number of nitrogens with two attached hydrogens (primary N) is 1. The smallest absolute Gasteiger partial charge is 0.167 e. The Labute approximate surface area is 162 Å². The first kappa shape index (κ1) is 19.7. The summed E-state index contributed by atoms with van der Waals surface area (Å²) in [6.07, 6.45) is 6.02. The Kier molecular flexibility index (Phi) is 6.32. The van der Waals surface area contributed by atoms with Crippen molar-refractivity contribution in [2.75, 3.05) is 11.7 Å². The van der Waals surface area contributed by atoms with Crippen LogP contribution in [0.25, 0.3) is 11.2 Å². The second-order valence-electron chi connectivity index (χ2n) is 7.37. The third kappa shape index (κ3) is 4.62. The van der Waals surface area contributed by atoms with Gasteiger partial charge in [-0.05, 0) is 6.42 Å². The number of anilines is 1. The Morgan fingerprint density at radius 1 is 1.35 bits per heavy atom. The SMILES string of the molecule is CCC[C@H]1O[C@@H](n2cnc3c(N)ncnc32)CC1OCSSC(C)(C)C. The molecule has 1 aliphatic rings. The Hall–Kier alpha value is -1.03. The highest BCUT2D eigenvalue weighted by Crippen LogP contribution is 2.38. The summed E-state index contributed by atoms with van der Waals surface area (Å²) in [5.74, 6) is 1.04. The van der Waals surface area contributed by atoms with Gasteiger partial charge in [-0.2, -0.15) is 0 Å². The van der Waals surface area contributed by atoms with Crippen LogP contribution in [-0.2, 0) is 9.47 Å². The lowest BCUT2D eigenvalue weighted by molar-refractivity contribution is -0.0323. The van der Waals surface area contributed by atoms with Gasteiger partial charge in [-0.15, -0.1) is 0 Å². The topological polar surface area (TPSA) is 88.1 Å². The van der Waals surface area contributed by atoms with E-state index in [2.05, 4.69) is 42.6 Å². The van der Waals surface area contributed by atoms with Crippen LogP contribution in [0, 0.1) is 0 Å². The molecule has 7 nitrogen and oxygen atoms in total. The molecule has 1 fully saturated rings. The zero-order valence-corrected chi connectivity index (χ0v) is 17.3. The number of hydrogen-bond donors (Lipinski definition) is 1. The standard InChI is InChI=1S/C17H27N5O2S2/c1-5-6-11-12(23-10-25-26-17(2,3)4)7-13(24-11)22-9-21-14-15(18)19-8-20-16(14)22/h8-9,11-13H,5-7,10H2,1-4H3,(H2,18,19,20)/t11-,12?,13-/m1/s1. The lowest BCUT2D eigenvalue weighted by atomic mass is 10.1. The maximum atomic E-state index is 6.29. The molecule has 0 aromatic carbocycles. The number of hydrogen-bond acceptors (Lipinski definition) is 8. The third-order valence-electron chi connectivity index (χ3n) is 4.09. The molecule has 3 atom stereocenters. The average Bonchev–Trinajstić information content (AvgIpc) is 3.16. The van der Waals surface area contributed by atoms with Crippen molar-refractivity contribution in [3.63, 3.8) is 0 Å². The van der Waals surface area contributed by atoms with Gasteiger partial charge >= 0.3 is 0 Å². The van der Waals surface area contributed by atoms with Crippen molar-refractivity contribution in [1.29, 1.82) is 0 Å². The van der Waals surface area contributed by atoms with Crippen LogP contribution in [0.1, 0.15) is 53.2 Å². The van der Waals surface area contributed by atoms with Gasteiger partial charge in [0.2, 0.25) is 0 Å². The molecule has 2 aromatic rings. The third-order valence-corrected chi connectivity index (χ3v) is 7.08. The molecule has 0 spiro atoms. The van der Waals surface area contributed by atoms with Crippen LogP contribution in [0.3, 0.4) is 0 Å². The predicted molar refractivity (Wildman–Crippen MR) is 108 cm³/mol. The van der Waals surface area contributed by atoms with Gasteiger partial charge in [0, 0.05) is 11.2 Å². The summed E-state index contributed by atoms with van der Waals surface area (Å²) in [6.45, 7) is 8.78. The summed E-state index contributed by atoms with van der Waals surface area (Å²) in [5, 5.41) is 0. The van der Waals surface area contributed by atoms with E-state index in [1.807, 2.05) is 15.4 Å². The Balaban J connectivity index is 1.67. The summed E-state index contributed by atoms with van der Waals surface area (Å²) in [6, 6.07) is 0. The Morgan fingerprint density at radius 2 is 2.15 bits per heavy atom. The molecule has 1 saturated heterocycles. The van der Waals surface area contributed by atoms with Crippen molar-refractivity contribution < 1.29 is 9.47 Å². The van der Waals surface area contributed by atoms with Gasteiger partial charge in [0.15, 0.2) is 11.5 Å². The minimum Gasteiger partial charge on any atom is -0.382 e. The number of imidazole rings is 1. The van der Waals surface area contributed by atoms with Crippen molar-refractivity contribution in [2.45, 2.75) is 70.1 Å². The first-order valence-corrected chi connectivity index (χ1v) is 11.2. The number of nitrogens with zero attached hydrogens (tertiary/aromatic N) is 4. The average molecular weight is 398 g/mol. The zero-order valence-electron chi connectivity index (χ0n) is 15.7. The van der Waals surface area contributed by atoms with Gasteiger partial charge in [0.05, 0.1) is 18.5 Å². The molecule has 26 heavy (non-hydrogen) atoms. The minimum absolute atomic E-state index is 0.0738. The van der Waals surface area contributed by atoms with Crippen molar-refractivity contribution in [3.05, 3.63) is 12.7 Å². The van der Waals surface area contributed by atoms with Gasteiger partial charge in [-0.1, -0.05) is 55.7 Å². The van der Waals surface area contributed by atoms with E-state index >= 15 is 0 Å². The molecule has 1 aliphatic heterocycles. The summed E-state index contributed by atoms with van der Waals surface area (Å²) in [7, 11) is 3.59. The maximum absolute atomic E-state index is 6.29. The molecule has 0 amide bonds. The second kappa shape index (κ2) is 8.33. The number of rotatable bonds is 7. The van der Waals surface area contributed by atoms with E-state index in [1.165, 1.54) is 6.33 Å². The lowest BCUT2D eigenvalue weighted by Gasteiger charge is -2.20. The molecule has 2 N–H and O–H groups in total. The molecule has 1 unspecified atom stereocenters. The number of ether oxygens (including phenoxy) is 2. The van der Waals surface area contributed by atoms with E-state index in [0.29, 0.717) is 22.9 Å². The largest absolute Gasteiger partial charge is 0.382 e. The normalized spacial score (nSPS) is 23.8. The molecule has 3 rings (SSSR count). The van der Waals surface area contributed by atoms with E-state index in [9.17, 15) is 0 Å². The Bertz CT molecular complexity index is 734. The van der Waals surface area contributed by atoms with Gasteiger partial charge < -0.3 is 15.2 Å². The van der Waals surface area contributed by atoms with Crippen molar-refractivity contribution in [3.8, 4) is 0 Å². The fraction of sp³-hybridized carbons (Fsp3) is 0.706. The lowest BCUT2D eigenvalue weighted by Crippen LogP contribution is -2.24. The molecule has 144 valence electrons. The Morgan fingerprint density at radius 3 is 2.88 bits per heavy atom. The highest BCUT2D eigenvalue weighted by atomic mass is 33.1. The van der Waals surface area contributed by atoms with Crippen LogP contribution in [0.15, 0.2) is 12.7 Å². The first-order valence-electron chi connectivity index (χ1n) is 8.89. The molecule has 0 saturated carbocycles. The van der Waals surface area contributed by atoms with Gasteiger partial charge in [0.1, 0.15) is 24.0 Å². The van der Waals surface area contributed by atoms with E-state index in [4.69, 9.17) is 15.2 Å². The minimum atomic E-state index is -0.142. The van der Waals surface area contributed by atoms with Crippen LogP contribution in [0.2, 0.25) is 0 Å². The zero-order chi connectivity index (χ0) is 18.7. The predicted octanol–water partition coefficient (Wildman–Crippen LogP) is 4.02. The molecule has 3 heterocycles. The van der Waals surface area contributed by atoms with E-state index in [-0.39, 0.29) is 23.2 Å². The van der Waals surface area contributed by atoms with E-state index in [1.54, 1.807) is 17.1 Å². The number of aromatic nitrogens is 4. The summed E-state index contributed by atoms with van der Waals surface area (Å²) < 4.78 is 14.6. The van der Waals surface area contributed by atoms with Crippen molar-refractivity contribution >= 4 is 38.6 Å². The molecule has 0 bridgehead atoms. The summed E-state index contributed by atoms with van der Waals surface area (Å²) >= 11 is 0. The monoisotopic (exact) mass is 397 g/mol. The van der Waals surface area contributed by atoms with Crippen LogP contribution in [-0.4, -0.2) is 42.4 Å². The molecule has 2 aromatic heterocycles. The molecular weight excluding hydrogens is 370 g/mol. The van der Waals surface area contributed by atoms with E-state index < -0.39 is 0 Å². The summed E-state index contributed by atoms with van der Waals surface area (Å²) in [5.41, 5.74) is 7.21. The first-order chi connectivity index (χ1) is 12.4. The highest BCUT2D eigenvalue weighted by Gasteiger charge is 2.37. The van der Waals surface area contributed by atoms with Gasteiger partial charge in [-0.3, -0.25) is 4.57 Å². The number of fused-ring (bicyclic) bond motifs is 1. The van der Waals surface area contributed by atoms with Crippen LogP contribution in [0.5, 0.6) is 0 Å². The fourth-order valence-corrected chi connectivity index (χ4v) is 4.99. The maximum Gasteiger partial charge on any atom is 0.167 e. The van der Waals surface area contributed by atoms with Gasteiger partial charge in [0.25, 0.3) is 0 Å². The fourth-order valence-electron chi connectivity index (χ4n) is 2.99. The van der Waals surface area contributed by atoms with E-state index in [0.717, 1.165) is 19.3 Å². The molecule has 0 aliphatic carbocycles. The van der Waals surface area contributed by atoms with Crippen LogP contribution < -0.4 is 5.73 Å². The molecular formula is C17H27N5O2S2. The highest BCUT2D eigenvalue weighted by molar-refractivity contribution is 8.77.